The van der Waals surface area contributed by atoms with Gasteiger partial charge in [0.1, 0.15) is 0 Å². The Hall–Kier alpha value is -0.340. The van der Waals surface area contributed by atoms with Gasteiger partial charge in [-0.05, 0) is 41.5 Å². The van der Waals surface area contributed by atoms with Gasteiger partial charge in [-0.15, -0.1) is 0 Å². The molecule has 2 N–H and O–H groups in total. The Bertz CT molecular complexity index is 329. The van der Waals surface area contributed by atoms with Gasteiger partial charge in [-0.3, -0.25) is 0 Å². The van der Waals surface area contributed by atoms with Gasteiger partial charge in [-0.25, -0.2) is 0 Å². The molecule has 0 bridgehead atoms. The predicted molar refractivity (Wildman–Crippen MR) is 63.2 cm³/mol. The van der Waals surface area contributed by atoms with Gasteiger partial charge in [0.25, 0.3) is 0 Å². The zero-order valence-corrected chi connectivity index (χ0v) is 10.2. The molecule has 14 heavy (non-hydrogen) atoms. The molecule has 1 aromatic carbocycles. The first-order chi connectivity index (χ1) is 6.57. The molecule has 0 radical (unpaired) electrons. The monoisotopic (exact) mass is 253 g/mol. The number of halogens is 1. The minimum absolute atomic E-state index is 0.391. The third-order valence-corrected chi connectivity index (χ3v) is 4.06. The quantitative estimate of drug-likeness (QED) is 0.862. The zero-order valence-electron chi connectivity index (χ0n) is 8.63. The summed E-state index contributed by atoms with van der Waals surface area (Å²) in [7, 11) is 0. The van der Waals surface area contributed by atoms with Crippen LogP contribution < -0.4 is 5.73 Å². The Kier molecular flexibility index (Phi) is 2.44. The second kappa shape index (κ2) is 3.35. The van der Waals surface area contributed by atoms with Gasteiger partial charge in [-0.1, -0.05) is 41.9 Å². The molecule has 1 aromatic rings. The van der Waals surface area contributed by atoms with Gasteiger partial charge >= 0.3 is 0 Å². The minimum Gasteiger partial charge on any atom is -0.330 e. The van der Waals surface area contributed by atoms with Crippen molar-refractivity contribution < 1.29 is 0 Å². The van der Waals surface area contributed by atoms with Crippen LogP contribution in [-0.4, -0.2) is 6.54 Å². The maximum Gasteiger partial charge on any atom is 0.0175 e. The van der Waals surface area contributed by atoms with E-state index < -0.39 is 0 Å². The van der Waals surface area contributed by atoms with Crippen molar-refractivity contribution in [2.45, 2.75) is 19.8 Å². The van der Waals surface area contributed by atoms with E-state index in [2.05, 4.69) is 54.0 Å². The van der Waals surface area contributed by atoms with E-state index >= 15 is 0 Å². The van der Waals surface area contributed by atoms with E-state index in [4.69, 9.17) is 5.73 Å². The van der Waals surface area contributed by atoms with Crippen molar-refractivity contribution in [2.24, 2.45) is 17.1 Å². The summed E-state index contributed by atoms with van der Waals surface area (Å²) in [6.07, 6.45) is 0. The second-order valence-electron chi connectivity index (χ2n) is 4.69. The summed E-state index contributed by atoms with van der Waals surface area (Å²) in [4.78, 5) is 0. The molecule has 0 aromatic heterocycles. The number of benzene rings is 1. The van der Waals surface area contributed by atoms with Crippen molar-refractivity contribution in [3.63, 3.8) is 0 Å². The highest BCUT2D eigenvalue weighted by Crippen LogP contribution is 2.63. The standard InChI is InChI=1S/C12H16BrN/c1-12(2)10(7-14)11(12)8-3-5-9(13)6-4-8/h3-6,10-11H,7,14H2,1-2H3. The maximum atomic E-state index is 5.76. The first-order valence-corrected chi connectivity index (χ1v) is 5.82. The Morgan fingerprint density at radius 2 is 1.86 bits per heavy atom. The highest BCUT2D eigenvalue weighted by atomic mass is 79.9. The topological polar surface area (TPSA) is 26.0 Å². The van der Waals surface area contributed by atoms with Crippen LogP contribution in [0, 0.1) is 11.3 Å². The summed E-state index contributed by atoms with van der Waals surface area (Å²) in [5.74, 6) is 1.31. The van der Waals surface area contributed by atoms with E-state index in [0.29, 0.717) is 17.3 Å². The molecular weight excluding hydrogens is 238 g/mol. The molecule has 0 spiro atoms. The number of hydrogen-bond donors (Lipinski definition) is 1. The normalized spacial score (nSPS) is 28.9. The molecule has 0 heterocycles. The van der Waals surface area contributed by atoms with E-state index in [9.17, 15) is 0 Å². The molecule has 1 aliphatic carbocycles. The van der Waals surface area contributed by atoms with Gasteiger partial charge in [0.2, 0.25) is 0 Å². The third kappa shape index (κ3) is 1.51. The van der Waals surface area contributed by atoms with Gasteiger partial charge in [0.15, 0.2) is 0 Å². The summed E-state index contributed by atoms with van der Waals surface area (Å²) in [6.45, 7) is 5.40. The average molecular weight is 254 g/mol. The summed E-state index contributed by atoms with van der Waals surface area (Å²) in [5, 5.41) is 0. The third-order valence-electron chi connectivity index (χ3n) is 3.53. The van der Waals surface area contributed by atoms with Gasteiger partial charge in [0.05, 0.1) is 0 Å². The van der Waals surface area contributed by atoms with Crippen LogP contribution in [0.15, 0.2) is 28.7 Å². The lowest BCUT2D eigenvalue weighted by molar-refractivity contribution is 0.558. The smallest absolute Gasteiger partial charge is 0.0175 e. The molecule has 2 atom stereocenters. The SMILES string of the molecule is CC1(C)C(CN)C1c1ccc(Br)cc1. The first kappa shape index (κ1) is 10.2. The maximum absolute atomic E-state index is 5.76. The van der Waals surface area contributed by atoms with Crippen molar-refractivity contribution in [3.8, 4) is 0 Å². The van der Waals surface area contributed by atoms with Crippen LogP contribution in [0.25, 0.3) is 0 Å². The molecule has 76 valence electrons. The zero-order chi connectivity index (χ0) is 10.3. The van der Waals surface area contributed by atoms with Crippen LogP contribution >= 0.6 is 15.9 Å². The molecule has 2 heteroatoms. The highest BCUT2D eigenvalue weighted by Gasteiger charge is 2.56. The average Bonchev–Trinajstić information content (AvgIpc) is 2.69. The molecular formula is C12H16BrN. The van der Waals surface area contributed by atoms with Crippen molar-refractivity contribution in [3.05, 3.63) is 34.3 Å². The van der Waals surface area contributed by atoms with Gasteiger partial charge in [-0.2, -0.15) is 0 Å². The van der Waals surface area contributed by atoms with Gasteiger partial charge in [0, 0.05) is 4.47 Å². The van der Waals surface area contributed by atoms with Gasteiger partial charge < -0.3 is 5.73 Å². The van der Waals surface area contributed by atoms with Crippen LogP contribution in [0.1, 0.15) is 25.3 Å². The molecule has 2 unspecified atom stereocenters. The predicted octanol–water partition coefficient (Wildman–Crippen LogP) is 3.15. The first-order valence-electron chi connectivity index (χ1n) is 5.03. The van der Waals surface area contributed by atoms with Crippen LogP contribution in [0.2, 0.25) is 0 Å². The van der Waals surface area contributed by atoms with Crippen molar-refractivity contribution in [2.75, 3.05) is 6.54 Å². The van der Waals surface area contributed by atoms with Crippen LogP contribution in [-0.2, 0) is 0 Å². The summed E-state index contributed by atoms with van der Waals surface area (Å²) < 4.78 is 1.14. The van der Waals surface area contributed by atoms with Crippen LogP contribution in [0.3, 0.4) is 0 Å². The summed E-state index contributed by atoms with van der Waals surface area (Å²) in [5.41, 5.74) is 7.57. The molecule has 0 aliphatic heterocycles. The Labute approximate surface area is 93.8 Å². The van der Waals surface area contributed by atoms with E-state index in [1.165, 1.54) is 5.56 Å². The van der Waals surface area contributed by atoms with E-state index in [1.807, 2.05) is 0 Å². The van der Waals surface area contributed by atoms with E-state index in [0.717, 1.165) is 11.0 Å². The fraction of sp³-hybridized carbons (Fsp3) is 0.500. The Balaban J connectivity index is 2.22. The molecule has 0 amide bonds. The lowest BCUT2D eigenvalue weighted by Gasteiger charge is -2.02. The molecule has 1 saturated carbocycles. The summed E-state index contributed by atoms with van der Waals surface area (Å²) in [6, 6.07) is 8.62. The molecule has 2 rings (SSSR count). The van der Waals surface area contributed by atoms with Crippen LogP contribution in [0.5, 0.6) is 0 Å². The molecule has 0 saturated heterocycles. The van der Waals surface area contributed by atoms with E-state index in [1.54, 1.807) is 0 Å². The lowest BCUT2D eigenvalue weighted by atomic mass is 10.0. The summed E-state index contributed by atoms with van der Waals surface area (Å²) >= 11 is 3.45. The largest absolute Gasteiger partial charge is 0.330 e. The molecule has 1 aliphatic rings. The number of hydrogen-bond acceptors (Lipinski definition) is 1. The minimum atomic E-state index is 0.391. The van der Waals surface area contributed by atoms with E-state index in [-0.39, 0.29) is 0 Å². The lowest BCUT2D eigenvalue weighted by Crippen LogP contribution is -2.05. The molecule has 1 fully saturated rings. The fourth-order valence-corrected chi connectivity index (χ4v) is 2.78. The second-order valence-corrected chi connectivity index (χ2v) is 5.61. The Morgan fingerprint density at radius 1 is 1.29 bits per heavy atom. The van der Waals surface area contributed by atoms with Crippen molar-refractivity contribution >= 4 is 15.9 Å². The fourth-order valence-electron chi connectivity index (χ4n) is 2.52. The number of rotatable bonds is 2. The van der Waals surface area contributed by atoms with Crippen molar-refractivity contribution in [1.29, 1.82) is 0 Å². The molecule has 1 nitrogen and oxygen atoms in total. The highest BCUT2D eigenvalue weighted by molar-refractivity contribution is 9.10. The Morgan fingerprint density at radius 3 is 2.29 bits per heavy atom. The number of nitrogens with two attached hydrogens (primary N) is 1. The van der Waals surface area contributed by atoms with Crippen LogP contribution in [0.4, 0.5) is 0 Å². The van der Waals surface area contributed by atoms with Crippen molar-refractivity contribution in [1.82, 2.24) is 0 Å².